The van der Waals surface area contributed by atoms with Gasteiger partial charge in [-0.05, 0) is 49.4 Å². The normalized spacial score (nSPS) is 10.4. The number of hydrogen-bond donors (Lipinski definition) is 1. The summed E-state index contributed by atoms with van der Waals surface area (Å²) in [5, 5.41) is 2.73. The van der Waals surface area contributed by atoms with Crippen LogP contribution in [0, 0.1) is 0 Å². The summed E-state index contributed by atoms with van der Waals surface area (Å²) in [7, 11) is 3.11. The molecule has 1 amide bonds. The molecular weight excluding hydrogens is 334 g/mol. The van der Waals surface area contributed by atoms with Crippen molar-refractivity contribution in [2.45, 2.75) is 6.92 Å². The van der Waals surface area contributed by atoms with Gasteiger partial charge in [-0.25, -0.2) is 4.79 Å². The molecule has 0 aromatic heterocycles. The van der Waals surface area contributed by atoms with E-state index in [0.717, 1.165) is 0 Å². The number of carbonyl (C=O) groups excluding carboxylic acids is 2. The molecule has 2 rings (SSSR count). The van der Waals surface area contributed by atoms with Crippen LogP contribution in [0.25, 0.3) is 6.08 Å². The van der Waals surface area contributed by atoms with Crippen LogP contribution < -0.4 is 14.8 Å². The maximum absolute atomic E-state index is 12.1. The maximum atomic E-state index is 12.1. The zero-order valence-electron chi connectivity index (χ0n) is 14.9. The molecule has 0 saturated carbocycles. The lowest BCUT2D eigenvalue weighted by Crippen LogP contribution is -2.09. The lowest BCUT2D eigenvalue weighted by atomic mass is 10.1. The van der Waals surface area contributed by atoms with Gasteiger partial charge in [0.05, 0.1) is 32.0 Å². The molecule has 2 aromatic carbocycles. The first-order valence-electron chi connectivity index (χ1n) is 8.06. The highest BCUT2D eigenvalue weighted by Gasteiger charge is 2.08. The third kappa shape index (κ3) is 4.86. The summed E-state index contributed by atoms with van der Waals surface area (Å²) >= 11 is 0. The first-order valence-corrected chi connectivity index (χ1v) is 8.06. The SMILES string of the molecule is CCOC(=O)c1ccc(NC(=O)/C=C/c2c(OC)cccc2OC)cc1. The highest BCUT2D eigenvalue weighted by Crippen LogP contribution is 2.29. The molecule has 136 valence electrons. The molecule has 0 atom stereocenters. The fourth-order valence-electron chi connectivity index (χ4n) is 2.29. The number of anilines is 1. The zero-order valence-corrected chi connectivity index (χ0v) is 14.9. The summed E-state index contributed by atoms with van der Waals surface area (Å²) in [6, 6.07) is 11.9. The van der Waals surface area contributed by atoms with Crippen LogP contribution in [-0.2, 0) is 9.53 Å². The minimum atomic E-state index is -0.395. The summed E-state index contributed by atoms with van der Waals surface area (Å²) < 4.78 is 15.5. The molecule has 0 heterocycles. The summed E-state index contributed by atoms with van der Waals surface area (Å²) in [6.45, 7) is 2.06. The molecule has 0 fully saturated rings. The van der Waals surface area contributed by atoms with Crippen LogP contribution in [0.3, 0.4) is 0 Å². The van der Waals surface area contributed by atoms with E-state index in [1.54, 1.807) is 69.7 Å². The molecule has 6 heteroatoms. The van der Waals surface area contributed by atoms with Crippen molar-refractivity contribution < 1.29 is 23.8 Å². The van der Waals surface area contributed by atoms with Crippen molar-refractivity contribution in [3.63, 3.8) is 0 Å². The van der Waals surface area contributed by atoms with E-state index in [1.165, 1.54) is 6.08 Å². The van der Waals surface area contributed by atoms with Crippen molar-refractivity contribution >= 4 is 23.6 Å². The highest BCUT2D eigenvalue weighted by molar-refractivity contribution is 6.02. The average molecular weight is 355 g/mol. The maximum Gasteiger partial charge on any atom is 0.338 e. The molecule has 6 nitrogen and oxygen atoms in total. The average Bonchev–Trinajstić information content (AvgIpc) is 2.66. The van der Waals surface area contributed by atoms with Gasteiger partial charge >= 0.3 is 5.97 Å². The van der Waals surface area contributed by atoms with E-state index in [9.17, 15) is 9.59 Å². The minimum absolute atomic E-state index is 0.314. The number of ether oxygens (including phenoxy) is 3. The van der Waals surface area contributed by atoms with Gasteiger partial charge < -0.3 is 19.5 Å². The summed E-state index contributed by atoms with van der Waals surface area (Å²) in [5.74, 6) is 0.495. The van der Waals surface area contributed by atoms with E-state index in [-0.39, 0.29) is 5.91 Å². The number of carbonyl (C=O) groups is 2. The number of methoxy groups -OCH3 is 2. The monoisotopic (exact) mass is 355 g/mol. The van der Waals surface area contributed by atoms with Gasteiger partial charge in [-0.1, -0.05) is 6.07 Å². The van der Waals surface area contributed by atoms with Crippen LogP contribution in [0.2, 0.25) is 0 Å². The second-order valence-electron chi connectivity index (χ2n) is 5.20. The molecule has 0 bridgehead atoms. The van der Waals surface area contributed by atoms with Crippen LogP contribution in [-0.4, -0.2) is 32.7 Å². The predicted molar refractivity (Wildman–Crippen MR) is 99.6 cm³/mol. The first-order chi connectivity index (χ1) is 12.6. The quantitative estimate of drug-likeness (QED) is 0.607. The van der Waals surface area contributed by atoms with E-state index in [4.69, 9.17) is 14.2 Å². The van der Waals surface area contributed by atoms with E-state index in [1.807, 2.05) is 0 Å². The topological polar surface area (TPSA) is 73.9 Å². The number of nitrogens with one attached hydrogen (secondary N) is 1. The van der Waals surface area contributed by atoms with Crippen molar-refractivity contribution in [2.75, 3.05) is 26.1 Å². The van der Waals surface area contributed by atoms with Gasteiger partial charge in [-0.3, -0.25) is 4.79 Å². The third-order valence-corrected chi connectivity index (χ3v) is 3.53. The molecule has 0 unspecified atom stereocenters. The Morgan fingerprint density at radius 1 is 1.00 bits per heavy atom. The fraction of sp³-hybridized carbons (Fsp3) is 0.200. The Morgan fingerprint density at radius 2 is 1.62 bits per heavy atom. The fourth-order valence-corrected chi connectivity index (χ4v) is 2.29. The number of hydrogen-bond acceptors (Lipinski definition) is 5. The van der Waals surface area contributed by atoms with Crippen molar-refractivity contribution in [2.24, 2.45) is 0 Å². The van der Waals surface area contributed by atoms with Crippen molar-refractivity contribution in [3.8, 4) is 11.5 Å². The number of benzene rings is 2. The van der Waals surface area contributed by atoms with Gasteiger partial charge in [-0.15, -0.1) is 0 Å². The van der Waals surface area contributed by atoms with E-state index >= 15 is 0 Å². The number of rotatable bonds is 7. The van der Waals surface area contributed by atoms with Crippen molar-refractivity contribution in [3.05, 3.63) is 59.7 Å². The Bertz CT molecular complexity index is 774. The lowest BCUT2D eigenvalue weighted by Gasteiger charge is -2.09. The first kappa shape index (κ1) is 19.1. The molecule has 0 aliphatic carbocycles. The molecule has 26 heavy (non-hydrogen) atoms. The predicted octanol–water partition coefficient (Wildman–Crippen LogP) is 3.53. The molecule has 0 saturated heterocycles. The Hall–Kier alpha value is -3.28. The van der Waals surface area contributed by atoms with Crippen LogP contribution >= 0.6 is 0 Å². The highest BCUT2D eigenvalue weighted by atomic mass is 16.5. The van der Waals surface area contributed by atoms with Gasteiger partial charge in [0.2, 0.25) is 5.91 Å². The molecule has 2 aromatic rings. The van der Waals surface area contributed by atoms with Gasteiger partial charge in [0, 0.05) is 11.8 Å². The summed E-state index contributed by atoms with van der Waals surface area (Å²) in [5.41, 5.74) is 1.67. The van der Waals surface area contributed by atoms with Gasteiger partial charge in [-0.2, -0.15) is 0 Å². The number of esters is 1. The smallest absolute Gasteiger partial charge is 0.338 e. The van der Waals surface area contributed by atoms with Crippen LogP contribution in [0.1, 0.15) is 22.8 Å². The summed E-state index contributed by atoms with van der Waals surface area (Å²) in [6.07, 6.45) is 3.01. The van der Waals surface area contributed by atoms with Crippen molar-refractivity contribution in [1.82, 2.24) is 0 Å². The summed E-state index contributed by atoms with van der Waals surface area (Å²) in [4.78, 5) is 23.7. The Balaban J connectivity index is 2.07. The lowest BCUT2D eigenvalue weighted by molar-refractivity contribution is -0.111. The molecule has 0 spiro atoms. The van der Waals surface area contributed by atoms with Crippen LogP contribution in [0.4, 0.5) is 5.69 Å². The Kier molecular flexibility index (Phi) is 6.79. The third-order valence-electron chi connectivity index (χ3n) is 3.53. The minimum Gasteiger partial charge on any atom is -0.496 e. The number of amides is 1. The van der Waals surface area contributed by atoms with Gasteiger partial charge in [0.25, 0.3) is 0 Å². The second kappa shape index (κ2) is 9.27. The van der Waals surface area contributed by atoms with Gasteiger partial charge in [0.15, 0.2) is 0 Å². The molecule has 0 aliphatic rings. The Labute approximate surface area is 152 Å². The Morgan fingerprint density at radius 3 is 2.15 bits per heavy atom. The van der Waals surface area contributed by atoms with E-state index < -0.39 is 5.97 Å². The molecular formula is C20H21NO5. The zero-order chi connectivity index (χ0) is 18.9. The van der Waals surface area contributed by atoms with E-state index in [0.29, 0.717) is 34.9 Å². The largest absolute Gasteiger partial charge is 0.496 e. The van der Waals surface area contributed by atoms with E-state index in [2.05, 4.69) is 5.32 Å². The van der Waals surface area contributed by atoms with Gasteiger partial charge in [0.1, 0.15) is 11.5 Å². The van der Waals surface area contributed by atoms with Crippen LogP contribution in [0.15, 0.2) is 48.5 Å². The molecule has 0 aliphatic heterocycles. The molecule has 0 radical (unpaired) electrons. The molecule has 1 N–H and O–H groups in total. The van der Waals surface area contributed by atoms with Crippen molar-refractivity contribution in [1.29, 1.82) is 0 Å². The second-order valence-corrected chi connectivity index (χ2v) is 5.20. The van der Waals surface area contributed by atoms with Crippen LogP contribution in [0.5, 0.6) is 11.5 Å². The standard InChI is InChI=1S/C20H21NO5/c1-4-26-20(23)14-8-10-15(11-9-14)21-19(22)13-12-16-17(24-2)6-5-7-18(16)25-3/h5-13H,4H2,1-3H3,(H,21,22)/b13-12+.